The monoisotopic (exact) mass is 678 g/mol. The summed E-state index contributed by atoms with van der Waals surface area (Å²) in [5, 5.41) is 8.99. The van der Waals surface area contributed by atoms with Crippen molar-refractivity contribution in [2.75, 3.05) is 4.90 Å². The van der Waals surface area contributed by atoms with Crippen molar-refractivity contribution >= 4 is 82.5 Å². The first kappa shape index (κ1) is 29.5. The molecular formula is C49H30N2O2. The lowest BCUT2D eigenvalue weighted by Gasteiger charge is -2.25. The zero-order valence-corrected chi connectivity index (χ0v) is 28.5. The largest absolute Gasteiger partial charge is 0.455 e. The number of hydrogen-bond donors (Lipinski definition) is 0. The number of furan rings is 2. The average molecular weight is 679 g/mol. The lowest BCUT2D eigenvalue weighted by atomic mass is 10.0. The molecular weight excluding hydrogens is 649 g/mol. The van der Waals surface area contributed by atoms with Crippen LogP contribution in [0.25, 0.3) is 87.8 Å². The number of rotatable bonds is 5. The Balaban J connectivity index is 1.05. The summed E-state index contributed by atoms with van der Waals surface area (Å²) in [6, 6.07) is 61.9. The van der Waals surface area contributed by atoms with Crippen molar-refractivity contribution in [1.82, 2.24) is 4.98 Å². The third-order valence-electron chi connectivity index (χ3n) is 10.5. The normalized spacial score (nSPS) is 11.8. The predicted molar refractivity (Wildman–Crippen MR) is 219 cm³/mol. The molecule has 0 bridgehead atoms. The van der Waals surface area contributed by atoms with Gasteiger partial charge >= 0.3 is 0 Å². The van der Waals surface area contributed by atoms with Gasteiger partial charge in [-0.15, -0.1) is 0 Å². The van der Waals surface area contributed by atoms with E-state index in [1.807, 2.05) is 24.4 Å². The first-order chi connectivity index (χ1) is 26.2. The number of aromatic nitrogens is 1. The number of nitrogens with zero attached hydrogens (tertiary/aromatic N) is 2. The quantitative estimate of drug-likeness (QED) is 0.182. The Kier molecular flexibility index (Phi) is 6.52. The van der Waals surface area contributed by atoms with Gasteiger partial charge in [0.15, 0.2) is 0 Å². The summed E-state index contributed by atoms with van der Waals surface area (Å²) in [5.41, 5.74) is 10.9. The topological polar surface area (TPSA) is 42.4 Å². The Labute approximate surface area is 304 Å². The molecule has 0 unspecified atom stereocenters. The van der Waals surface area contributed by atoms with Crippen LogP contribution < -0.4 is 4.90 Å². The van der Waals surface area contributed by atoms with Crippen LogP contribution in [0.5, 0.6) is 0 Å². The number of anilines is 3. The molecule has 11 aromatic rings. The molecule has 248 valence electrons. The number of hydrogen-bond acceptors (Lipinski definition) is 4. The van der Waals surface area contributed by atoms with Crippen molar-refractivity contribution in [2.24, 2.45) is 0 Å². The van der Waals surface area contributed by atoms with Crippen LogP contribution in [-0.2, 0) is 0 Å². The summed E-state index contributed by atoms with van der Waals surface area (Å²) >= 11 is 0. The van der Waals surface area contributed by atoms with Gasteiger partial charge in [-0.3, -0.25) is 4.98 Å². The predicted octanol–water partition coefficient (Wildman–Crippen LogP) is 14.0. The highest BCUT2D eigenvalue weighted by Crippen LogP contribution is 2.43. The van der Waals surface area contributed by atoms with Gasteiger partial charge in [-0.2, -0.15) is 0 Å². The van der Waals surface area contributed by atoms with Gasteiger partial charge in [0, 0.05) is 73.3 Å². The fourth-order valence-electron chi connectivity index (χ4n) is 7.88. The number of fused-ring (bicyclic) bond motifs is 10. The van der Waals surface area contributed by atoms with Gasteiger partial charge in [-0.1, -0.05) is 103 Å². The summed E-state index contributed by atoms with van der Waals surface area (Å²) in [6.45, 7) is 0. The van der Waals surface area contributed by atoms with E-state index in [0.717, 1.165) is 94.1 Å². The van der Waals surface area contributed by atoms with Gasteiger partial charge < -0.3 is 13.7 Å². The Hall–Kier alpha value is -7.17. The third kappa shape index (κ3) is 4.80. The van der Waals surface area contributed by atoms with E-state index in [-0.39, 0.29) is 0 Å². The van der Waals surface area contributed by atoms with Crippen molar-refractivity contribution in [3.05, 3.63) is 182 Å². The lowest BCUT2D eigenvalue weighted by molar-refractivity contribution is 0.672. The van der Waals surface area contributed by atoms with Gasteiger partial charge in [0.25, 0.3) is 0 Å². The number of pyridine rings is 1. The van der Waals surface area contributed by atoms with E-state index in [2.05, 4.69) is 168 Å². The molecule has 0 aliphatic carbocycles. The minimum absolute atomic E-state index is 0.847. The second-order valence-corrected chi connectivity index (χ2v) is 13.6. The van der Waals surface area contributed by atoms with E-state index in [9.17, 15) is 0 Å². The molecule has 3 aromatic heterocycles. The van der Waals surface area contributed by atoms with Crippen LogP contribution in [0.15, 0.2) is 191 Å². The average Bonchev–Trinajstić information content (AvgIpc) is 3.80. The fraction of sp³-hybridized carbons (Fsp3) is 0. The molecule has 4 heteroatoms. The molecule has 0 atom stereocenters. The van der Waals surface area contributed by atoms with E-state index >= 15 is 0 Å². The van der Waals surface area contributed by atoms with Crippen LogP contribution >= 0.6 is 0 Å². The van der Waals surface area contributed by atoms with Crippen molar-refractivity contribution in [1.29, 1.82) is 0 Å². The molecule has 0 radical (unpaired) electrons. The second-order valence-electron chi connectivity index (χ2n) is 13.6. The summed E-state index contributed by atoms with van der Waals surface area (Å²) in [5.74, 6) is 0. The standard InChI is InChI=1S/C49H30N2O2/c1-3-9-39-33(7-1)18-24-43-41-26-22-37(29-46(41)52-48(39)43)51(36-20-16-32(17-21-36)31-12-14-35(15-13-31)45-11-5-6-28-50-45)38-23-27-42-44-25-19-34-8-2-4-10-40(34)49(44)53-47(42)30-38/h1-30H. The van der Waals surface area contributed by atoms with Crippen LogP contribution in [-0.4, -0.2) is 4.98 Å². The molecule has 0 aliphatic rings. The highest BCUT2D eigenvalue weighted by molar-refractivity contribution is 6.17. The Morgan fingerprint density at radius 2 is 0.830 bits per heavy atom. The fourth-order valence-corrected chi connectivity index (χ4v) is 7.88. The van der Waals surface area contributed by atoms with Gasteiger partial charge in [-0.25, -0.2) is 0 Å². The first-order valence-electron chi connectivity index (χ1n) is 17.9. The summed E-state index contributed by atoms with van der Waals surface area (Å²) in [4.78, 5) is 6.79. The first-order valence-corrected chi connectivity index (χ1v) is 17.9. The molecule has 4 nitrogen and oxygen atoms in total. The lowest BCUT2D eigenvalue weighted by Crippen LogP contribution is -2.09. The Bertz CT molecular complexity index is 3000. The van der Waals surface area contributed by atoms with Crippen LogP contribution in [0.3, 0.4) is 0 Å². The second kappa shape index (κ2) is 11.7. The molecule has 0 amide bonds. The molecule has 3 heterocycles. The van der Waals surface area contributed by atoms with Gasteiger partial charge in [0.2, 0.25) is 0 Å². The molecule has 0 saturated carbocycles. The minimum Gasteiger partial charge on any atom is -0.455 e. The van der Waals surface area contributed by atoms with Crippen molar-refractivity contribution in [3.8, 4) is 22.4 Å². The summed E-state index contributed by atoms with van der Waals surface area (Å²) < 4.78 is 13.3. The molecule has 0 aliphatic heterocycles. The van der Waals surface area contributed by atoms with Crippen LogP contribution in [0.1, 0.15) is 0 Å². The van der Waals surface area contributed by atoms with E-state index in [4.69, 9.17) is 8.83 Å². The smallest absolute Gasteiger partial charge is 0.143 e. The van der Waals surface area contributed by atoms with Crippen molar-refractivity contribution in [3.63, 3.8) is 0 Å². The molecule has 0 fully saturated rings. The summed E-state index contributed by atoms with van der Waals surface area (Å²) in [7, 11) is 0. The minimum atomic E-state index is 0.847. The maximum absolute atomic E-state index is 6.65. The maximum Gasteiger partial charge on any atom is 0.143 e. The molecule has 8 aromatic carbocycles. The zero-order valence-electron chi connectivity index (χ0n) is 28.5. The van der Waals surface area contributed by atoms with Crippen molar-refractivity contribution in [2.45, 2.75) is 0 Å². The van der Waals surface area contributed by atoms with Crippen LogP contribution in [0, 0.1) is 0 Å². The van der Waals surface area contributed by atoms with E-state index < -0.39 is 0 Å². The summed E-state index contributed by atoms with van der Waals surface area (Å²) in [6.07, 6.45) is 1.83. The molecule has 11 rings (SSSR count). The van der Waals surface area contributed by atoms with Gasteiger partial charge in [-0.05, 0) is 82.6 Å². The third-order valence-corrected chi connectivity index (χ3v) is 10.5. The van der Waals surface area contributed by atoms with E-state index in [1.165, 1.54) is 10.8 Å². The van der Waals surface area contributed by atoms with Crippen LogP contribution in [0.2, 0.25) is 0 Å². The van der Waals surface area contributed by atoms with E-state index in [0.29, 0.717) is 0 Å². The Morgan fingerprint density at radius 1 is 0.358 bits per heavy atom. The highest BCUT2D eigenvalue weighted by Gasteiger charge is 2.19. The molecule has 0 spiro atoms. The Morgan fingerprint density at radius 3 is 1.38 bits per heavy atom. The highest BCUT2D eigenvalue weighted by atomic mass is 16.3. The molecule has 53 heavy (non-hydrogen) atoms. The van der Waals surface area contributed by atoms with E-state index in [1.54, 1.807) is 0 Å². The molecule has 0 N–H and O–H groups in total. The molecule has 0 saturated heterocycles. The van der Waals surface area contributed by atoms with Crippen LogP contribution in [0.4, 0.5) is 17.1 Å². The number of benzene rings is 8. The zero-order chi connectivity index (χ0) is 34.9. The maximum atomic E-state index is 6.65. The van der Waals surface area contributed by atoms with Gasteiger partial charge in [0.1, 0.15) is 22.3 Å². The van der Waals surface area contributed by atoms with Gasteiger partial charge in [0.05, 0.1) is 5.69 Å². The SMILES string of the molecule is c1ccc(-c2ccc(-c3ccc(N(c4ccc5c(c4)oc4c6ccccc6ccc54)c4ccc5c(c4)oc4c6ccccc6ccc54)cc3)cc2)nc1. The van der Waals surface area contributed by atoms with Crippen molar-refractivity contribution < 1.29 is 8.83 Å².